The number of likely N-dealkylation sites (N-methyl/N-ethyl adjacent to an activating group) is 1. The van der Waals surface area contributed by atoms with Crippen molar-refractivity contribution in [2.24, 2.45) is 0 Å². The summed E-state index contributed by atoms with van der Waals surface area (Å²) in [6.45, 7) is 2.05. The van der Waals surface area contributed by atoms with Crippen LogP contribution in [-0.2, 0) is 17.8 Å². The molecule has 9 heteroatoms. The fourth-order valence-electron chi connectivity index (χ4n) is 1.60. The first-order valence-electron chi connectivity index (χ1n) is 6.58. The first-order chi connectivity index (χ1) is 10.5. The Kier molecular flexibility index (Phi) is 5.67. The van der Waals surface area contributed by atoms with Crippen molar-refractivity contribution in [1.82, 2.24) is 20.4 Å². The summed E-state index contributed by atoms with van der Waals surface area (Å²) >= 11 is 4.60. The van der Waals surface area contributed by atoms with Crippen molar-refractivity contribution in [3.8, 4) is 0 Å². The predicted molar refractivity (Wildman–Crippen MR) is 84.5 cm³/mol. The van der Waals surface area contributed by atoms with Crippen LogP contribution in [0.3, 0.4) is 0 Å². The Morgan fingerprint density at radius 2 is 2.23 bits per heavy atom. The van der Waals surface area contributed by atoms with Gasteiger partial charge in [0.05, 0.1) is 21.8 Å². The summed E-state index contributed by atoms with van der Waals surface area (Å²) in [4.78, 5) is 29.9. The van der Waals surface area contributed by atoms with E-state index in [1.807, 2.05) is 6.92 Å². The highest BCUT2D eigenvalue weighted by molar-refractivity contribution is 9.11. The molecule has 0 spiro atoms. The molecule has 2 amide bonds. The van der Waals surface area contributed by atoms with Gasteiger partial charge in [0.25, 0.3) is 5.91 Å². The van der Waals surface area contributed by atoms with Gasteiger partial charge in [0.2, 0.25) is 11.8 Å². The van der Waals surface area contributed by atoms with Gasteiger partial charge in [-0.05, 0) is 28.1 Å². The second-order valence-corrected chi connectivity index (χ2v) is 6.96. The van der Waals surface area contributed by atoms with Gasteiger partial charge in [-0.15, -0.1) is 11.3 Å². The second-order valence-electron chi connectivity index (χ2n) is 4.49. The molecule has 0 radical (unpaired) electrons. The third-order valence-electron chi connectivity index (χ3n) is 2.82. The van der Waals surface area contributed by atoms with Crippen LogP contribution in [-0.4, -0.2) is 40.4 Å². The predicted octanol–water partition coefficient (Wildman–Crippen LogP) is 1.84. The Balaban J connectivity index is 1.82. The van der Waals surface area contributed by atoms with Crippen LogP contribution in [0.4, 0.5) is 0 Å². The van der Waals surface area contributed by atoms with E-state index in [9.17, 15) is 9.59 Å². The molecule has 0 unspecified atom stereocenters. The quantitative estimate of drug-likeness (QED) is 0.817. The SMILES string of the molecule is CCc1noc(CN(C)C(=O)CNC(=O)c2ccc(Br)s2)n1. The van der Waals surface area contributed by atoms with E-state index in [2.05, 4.69) is 31.4 Å². The van der Waals surface area contributed by atoms with Crippen molar-refractivity contribution in [3.63, 3.8) is 0 Å². The molecule has 0 aliphatic carbocycles. The molecule has 118 valence electrons. The van der Waals surface area contributed by atoms with Gasteiger partial charge >= 0.3 is 0 Å². The molecule has 22 heavy (non-hydrogen) atoms. The molecule has 0 aliphatic rings. The minimum absolute atomic E-state index is 0.0837. The molecule has 0 saturated heterocycles. The van der Waals surface area contributed by atoms with Gasteiger partial charge in [-0.25, -0.2) is 0 Å². The molecular formula is C13H15BrN4O3S. The summed E-state index contributed by atoms with van der Waals surface area (Å²) < 4.78 is 5.89. The van der Waals surface area contributed by atoms with Gasteiger partial charge in [-0.3, -0.25) is 9.59 Å². The largest absolute Gasteiger partial charge is 0.342 e. The zero-order valence-corrected chi connectivity index (χ0v) is 14.5. The van der Waals surface area contributed by atoms with Gasteiger partial charge < -0.3 is 14.7 Å². The lowest BCUT2D eigenvalue weighted by Crippen LogP contribution is -2.37. The molecular weight excluding hydrogens is 372 g/mol. The molecule has 2 aromatic heterocycles. The molecule has 1 N–H and O–H groups in total. The number of halogens is 1. The molecule has 0 bridgehead atoms. The minimum atomic E-state index is -0.275. The lowest BCUT2D eigenvalue weighted by atomic mass is 10.4. The van der Waals surface area contributed by atoms with Crippen LogP contribution in [0.2, 0.25) is 0 Å². The number of hydrogen-bond donors (Lipinski definition) is 1. The van der Waals surface area contributed by atoms with E-state index in [0.29, 0.717) is 23.0 Å². The van der Waals surface area contributed by atoms with E-state index < -0.39 is 0 Å². The van der Waals surface area contributed by atoms with Crippen LogP contribution in [0.1, 0.15) is 28.3 Å². The number of aromatic nitrogens is 2. The topological polar surface area (TPSA) is 88.3 Å². The van der Waals surface area contributed by atoms with Crippen LogP contribution in [0.5, 0.6) is 0 Å². The van der Waals surface area contributed by atoms with E-state index >= 15 is 0 Å². The van der Waals surface area contributed by atoms with Gasteiger partial charge in [-0.2, -0.15) is 4.98 Å². The summed E-state index contributed by atoms with van der Waals surface area (Å²) in [5.74, 6) is 0.470. The van der Waals surface area contributed by atoms with Gasteiger partial charge in [-0.1, -0.05) is 12.1 Å². The summed E-state index contributed by atoms with van der Waals surface area (Å²) in [5, 5.41) is 6.35. The first kappa shape index (κ1) is 16.6. The molecule has 0 saturated carbocycles. The smallest absolute Gasteiger partial charge is 0.261 e. The highest BCUT2D eigenvalue weighted by atomic mass is 79.9. The van der Waals surface area contributed by atoms with Crippen LogP contribution < -0.4 is 5.32 Å². The van der Waals surface area contributed by atoms with Crippen LogP contribution in [0.15, 0.2) is 20.4 Å². The van der Waals surface area contributed by atoms with Gasteiger partial charge in [0.15, 0.2) is 5.82 Å². The Bertz CT molecular complexity index is 670. The number of carbonyl (C=O) groups excluding carboxylic acids is 2. The first-order valence-corrected chi connectivity index (χ1v) is 8.19. The second kappa shape index (κ2) is 7.50. The van der Waals surface area contributed by atoms with E-state index in [-0.39, 0.29) is 24.9 Å². The summed E-state index contributed by atoms with van der Waals surface area (Å²) in [6.07, 6.45) is 0.674. The monoisotopic (exact) mass is 386 g/mol. The zero-order valence-electron chi connectivity index (χ0n) is 12.1. The van der Waals surface area contributed by atoms with Crippen molar-refractivity contribution >= 4 is 39.1 Å². The number of thiophene rings is 1. The normalized spacial score (nSPS) is 10.5. The summed E-state index contributed by atoms with van der Waals surface area (Å²) in [6, 6.07) is 3.48. The number of amides is 2. The number of nitrogens with one attached hydrogen (secondary N) is 1. The average molecular weight is 387 g/mol. The number of aryl methyl sites for hydroxylation is 1. The van der Waals surface area contributed by atoms with E-state index in [4.69, 9.17) is 4.52 Å². The Morgan fingerprint density at radius 1 is 1.45 bits per heavy atom. The molecule has 0 aromatic carbocycles. The Hall–Kier alpha value is -1.74. The van der Waals surface area contributed by atoms with Crippen LogP contribution in [0, 0.1) is 0 Å². The van der Waals surface area contributed by atoms with E-state index in [1.54, 1.807) is 19.2 Å². The van der Waals surface area contributed by atoms with Crippen molar-refractivity contribution in [2.75, 3.05) is 13.6 Å². The maximum absolute atomic E-state index is 12.0. The van der Waals surface area contributed by atoms with Crippen LogP contribution >= 0.6 is 27.3 Å². The molecule has 0 fully saturated rings. The maximum atomic E-state index is 12.0. The van der Waals surface area contributed by atoms with Crippen LogP contribution in [0.25, 0.3) is 0 Å². The standard InChI is InChI=1S/C13H15BrN4O3S/c1-3-10-16-11(21-17-10)7-18(2)12(19)6-15-13(20)8-4-5-9(14)22-8/h4-5H,3,6-7H2,1-2H3,(H,15,20). The molecule has 2 heterocycles. The molecule has 2 rings (SSSR count). The van der Waals surface area contributed by atoms with Crippen molar-refractivity contribution < 1.29 is 14.1 Å². The van der Waals surface area contributed by atoms with Crippen molar-refractivity contribution in [3.05, 3.63) is 32.5 Å². The molecule has 7 nitrogen and oxygen atoms in total. The highest BCUT2D eigenvalue weighted by Crippen LogP contribution is 2.21. The highest BCUT2D eigenvalue weighted by Gasteiger charge is 2.15. The molecule has 0 aliphatic heterocycles. The number of rotatable bonds is 6. The third kappa shape index (κ3) is 4.38. The zero-order chi connectivity index (χ0) is 16.1. The minimum Gasteiger partial charge on any atom is -0.342 e. The van der Waals surface area contributed by atoms with E-state index in [0.717, 1.165) is 3.79 Å². The fraction of sp³-hybridized carbons (Fsp3) is 0.385. The molecule has 0 atom stereocenters. The number of carbonyl (C=O) groups is 2. The average Bonchev–Trinajstić information content (AvgIpc) is 3.13. The Morgan fingerprint density at radius 3 is 2.82 bits per heavy atom. The lowest BCUT2D eigenvalue weighted by Gasteiger charge is -2.14. The van der Waals surface area contributed by atoms with Crippen molar-refractivity contribution in [2.45, 2.75) is 19.9 Å². The maximum Gasteiger partial charge on any atom is 0.261 e. The number of nitrogens with zero attached hydrogens (tertiary/aromatic N) is 3. The Labute approximate surface area is 139 Å². The molecule has 2 aromatic rings. The van der Waals surface area contributed by atoms with Gasteiger partial charge in [0.1, 0.15) is 0 Å². The summed E-state index contributed by atoms with van der Waals surface area (Å²) in [5.41, 5.74) is 0. The van der Waals surface area contributed by atoms with Gasteiger partial charge in [0, 0.05) is 13.5 Å². The number of hydrogen-bond acceptors (Lipinski definition) is 6. The lowest BCUT2D eigenvalue weighted by molar-refractivity contribution is -0.129. The van der Waals surface area contributed by atoms with Crippen molar-refractivity contribution in [1.29, 1.82) is 0 Å². The third-order valence-corrected chi connectivity index (χ3v) is 4.44. The summed E-state index contributed by atoms with van der Waals surface area (Å²) in [7, 11) is 1.62. The fourth-order valence-corrected chi connectivity index (χ4v) is 2.91. The van der Waals surface area contributed by atoms with E-state index in [1.165, 1.54) is 16.2 Å².